The summed E-state index contributed by atoms with van der Waals surface area (Å²) in [5, 5.41) is 6.39. The second-order valence-corrected chi connectivity index (χ2v) is 16.5. The molecule has 6 aromatic rings. The predicted octanol–water partition coefficient (Wildman–Crippen LogP) is 6.47. The molecule has 0 unspecified atom stereocenters. The highest BCUT2D eigenvalue weighted by atomic mass is 19.1. The van der Waals surface area contributed by atoms with E-state index in [1.54, 1.807) is 28.0 Å². The Balaban J connectivity index is 1.01. The minimum atomic E-state index is -0.737. The Bertz CT molecular complexity index is 2690. The number of aromatic nitrogens is 5. The number of anilines is 1. The van der Waals surface area contributed by atoms with Crippen LogP contribution in [0.5, 0.6) is 11.6 Å². The molecule has 3 aromatic heterocycles. The molecule has 0 spiro atoms. The highest BCUT2D eigenvalue weighted by molar-refractivity contribution is 6.01. The SMILES string of the molecule is CCc1c(F)ccc2cc(OCOC)cc(-c3nc(N4CCCn5nc(C(=O)N6CCN(C(=O)OCc7ccccc7)CC6)cc5C4)c4cnc(OCCCN5CCOCC5)c(F)c4n3)c12. The molecule has 0 N–H and O–H groups in total. The number of piperazine rings is 1. The summed E-state index contributed by atoms with van der Waals surface area (Å²) in [5.41, 5.74) is 2.86. The summed E-state index contributed by atoms with van der Waals surface area (Å²) in [6.45, 7) is 8.71. The summed E-state index contributed by atoms with van der Waals surface area (Å²) in [4.78, 5) is 48.8. The molecule has 0 aliphatic carbocycles. The van der Waals surface area contributed by atoms with Crippen molar-refractivity contribution in [1.29, 1.82) is 0 Å². The molecule has 16 nitrogen and oxygen atoms in total. The second-order valence-electron chi connectivity index (χ2n) is 16.5. The zero-order chi connectivity index (χ0) is 45.6. The van der Waals surface area contributed by atoms with E-state index in [-0.39, 0.29) is 61.2 Å². The van der Waals surface area contributed by atoms with Crippen LogP contribution in [0.1, 0.15) is 47.1 Å². The molecule has 0 radical (unpaired) electrons. The fraction of sp³-hybridized carbons (Fsp3) is 0.417. The number of fused-ring (bicyclic) bond motifs is 3. The normalized spacial score (nSPS) is 15.8. The van der Waals surface area contributed by atoms with Crippen molar-refractivity contribution >= 4 is 39.5 Å². The number of hydrogen-bond donors (Lipinski definition) is 0. The first-order valence-corrected chi connectivity index (χ1v) is 22.5. The van der Waals surface area contributed by atoms with Gasteiger partial charge in [-0.2, -0.15) is 9.49 Å². The molecule has 346 valence electrons. The second kappa shape index (κ2) is 20.3. The number of methoxy groups -OCH3 is 1. The Morgan fingerprint density at radius 3 is 2.47 bits per heavy atom. The first-order valence-electron chi connectivity index (χ1n) is 22.5. The van der Waals surface area contributed by atoms with E-state index in [9.17, 15) is 9.59 Å². The molecule has 6 heterocycles. The van der Waals surface area contributed by atoms with E-state index in [0.717, 1.165) is 30.9 Å². The van der Waals surface area contributed by atoms with Crippen LogP contribution in [0.4, 0.5) is 19.4 Å². The van der Waals surface area contributed by atoms with E-state index in [1.807, 2.05) is 52.9 Å². The van der Waals surface area contributed by atoms with Crippen LogP contribution in [0, 0.1) is 11.6 Å². The van der Waals surface area contributed by atoms with Gasteiger partial charge in [-0.1, -0.05) is 43.3 Å². The molecule has 3 aliphatic heterocycles. The van der Waals surface area contributed by atoms with Gasteiger partial charge in [-0.05, 0) is 65.4 Å². The van der Waals surface area contributed by atoms with E-state index in [0.29, 0.717) is 111 Å². The van der Waals surface area contributed by atoms with Crippen molar-refractivity contribution in [2.75, 3.05) is 91.0 Å². The maximum Gasteiger partial charge on any atom is 0.410 e. The fourth-order valence-corrected chi connectivity index (χ4v) is 8.80. The quantitative estimate of drug-likeness (QED) is 0.0869. The van der Waals surface area contributed by atoms with Gasteiger partial charge in [-0.3, -0.25) is 14.4 Å². The van der Waals surface area contributed by atoms with Gasteiger partial charge in [0.1, 0.15) is 29.5 Å². The summed E-state index contributed by atoms with van der Waals surface area (Å²) in [6.07, 6.45) is 2.79. The van der Waals surface area contributed by atoms with Gasteiger partial charge in [0.2, 0.25) is 5.82 Å². The number of amides is 2. The lowest BCUT2D eigenvalue weighted by Gasteiger charge is -2.33. The molecule has 0 bridgehead atoms. The smallest absolute Gasteiger partial charge is 0.410 e. The van der Waals surface area contributed by atoms with Crippen molar-refractivity contribution < 1.29 is 42.1 Å². The van der Waals surface area contributed by atoms with Crippen molar-refractivity contribution in [2.45, 2.75) is 45.9 Å². The van der Waals surface area contributed by atoms with Crippen molar-refractivity contribution in [2.24, 2.45) is 0 Å². The number of halogens is 2. The number of carbonyl (C=O) groups is 2. The molecule has 2 fully saturated rings. The van der Waals surface area contributed by atoms with Gasteiger partial charge in [0.05, 0.1) is 37.4 Å². The summed E-state index contributed by atoms with van der Waals surface area (Å²) < 4.78 is 62.4. The lowest BCUT2D eigenvalue weighted by atomic mass is 9.96. The van der Waals surface area contributed by atoms with Crippen LogP contribution in [-0.4, -0.2) is 138 Å². The highest BCUT2D eigenvalue weighted by Gasteiger charge is 2.30. The molecular formula is C48H53F2N9O7. The molecule has 0 saturated carbocycles. The Morgan fingerprint density at radius 1 is 0.879 bits per heavy atom. The van der Waals surface area contributed by atoms with E-state index >= 15 is 8.78 Å². The molecule has 66 heavy (non-hydrogen) atoms. The minimum absolute atomic E-state index is 0.00398. The zero-order valence-electron chi connectivity index (χ0n) is 37.2. The van der Waals surface area contributed by atoms with E-state index in [1.165, 1.54) is 19.4 Å². The molecule has 2 amide bonds. The monoisotopic (exact) mass is 905 g/mol. The summed E-state index contributed by atoms with van der Waals surface area (Å²) >= 11 is 0. The Labute approximate surface area is 381 Å². The maximum atomic E-state index is 16.9. The van der Waals surface area contributed by atoms with Crippen LogP contribution < -0.4 is 14.4 Å². The van der Waals surface area contributed by atoms with Gasteiger partial charge in [0.15, 0.2) is 18.3 Å². The molecule has 0 atom stereocenters. The summed E-state index contributed by atoms with van der Waals surface area (Å²) in [7, 11) is 1.52. The van der Waals surface area contributed by atoms with E-state index in [4.69, 9.17) is 38.8 Å². The fourth-order valence-electron chi connectivity index (χ4n) is 8.80. The van der Waals surface area contributed by atoms with Crippen LogP contribution in [0.2, 0.25) is 0 Å². The third kappa shape index (κ3) is 9.71. The molecule has 3 aliphatic rings. The molecule has 9 rings (SSSR count). The zero-order valence-corrected chi connectivity index (χ0v) is 37.2. The van der Waals surface area contributed by atoms with Gasteiger partial charge in [-0.25, -0.2) is 24.1 Å². The largest absolute Gasteiger partial charge is 0.475 e. The molecular weight excluding hydrogens is 853 g/mol. The Morgan fingerprint density at radius 2 is 1.68 bits per heavy atom. The number of pyridine rings is 1. The Kier molecular flexibility index (Phi) is 13.8. The van der Waals surface area contributed by atoms with Gasteiger partial charge < -0.3 is 38.4 Å². The van der Waals surface area contributed by atoms with E-state index in [2.05, 4.69) is 9.88 Å². The van der Waals surface area contributed by atoms with Gasteiger partial charge >= 0.3 is 6.09 Å². The van der Waals surface area contributed by atoms with E-state index < -0.39 is 11.9 Å². The summed E-state index contributed by atoms with van der Waals surface area (Å²) in [5.74, 6) is -0.522. The number of nitrogens with zero attached hydrogens (tertiary/aromatic N) is 9. The number of ether oxygens (including phenoxy) is 5. The maximum absolute atomic E-state index is 16.9. The molecule has 18 heteroatoms. The lowest BCUT2D eigenvalue weighted by Crippen LogP contribution is -2.50. The number of rotatable bonds is 14. The van der Waals surface area contributed by atoms with Gasteiger partial charge in [-0.15, -0.1) is 0 Å². The predicted molar refractivity (Wildman–Crippen MR) is 241 cm³/mol. The lowest BCUT2D eigenvalue weighted by molar-refractivity contribution is 0.0356. The minimum Gasteiger partial charge on any atom is -0.475 e. The third-order valence-corrected chi connectivity index (χ3v) is 12.2. The van der Waals surface area contributed by atoms with Crippen molar-refractivity contribution in [3.63, 3.8) is 0 Å². The third-order valence-electron chi connectivity index (χ3n) is 12.2. The number of morpholine rings is 1. The summed E-state index contributed by atoms with van der Waals surface area (Å²) in [6, 6.07) is 17.9. The first-order chi connectivity index (χ1) is 32.3. The van der Waals surface area contributed by atoms with Crippen LogP contribution in [-0.2, 0) is 40.3 Å². The van der Waals surface area contributed by atoms with Gasteiger partial charge in [0, 0.05) is 77.8 Å². The molecule has 3 aromatic carbocycles. The van der Waals surface area contributed by atoms with Crippen LogP contribution >= 0.6 is 0 Å². The average Bonchev–Trinajstić information content (AvgIpc) is 3.65. The number of benzene rings is 3. The highest BCUT2D eigenvalue weighted by Crippen LogP contribution is 2.39. The van der Waals surface area contributed by atoms with Crippen LogP contribution in [0.25, 0.3) is 33.1 Å². The first kappa shape index (κ1) is 44.7. The number of hydrogen-bond acceptors (Lipinski definition) is 13. The number of carbonyl (C=O) groups excluding carboxylic acids is 2. The van der Waals surface area contributed by atoms with Crippen molar-refractivity contribution in [3.8, 4) is 23.0 Å². The van der Waals surface area contributed by atoms with Gasteiger partial charge in [0.25, 0.3) is 11.8 Å². The number of aryl methyl sites for hydroxylation is 2. The Hall–Kier alpha value is -6.50. The topological polar surface area (TPSA) is 150 Å². The average molecular weight is 906 g/mol. The van der Waals surface area contributed by atoms with Crippen molar-refractivity contribution in [3.05, 3.63) is 101 Å². The van der Waals surface area contributed by atoms with Crippen LogP contribution in [0.3, 0.4) is 0 Å². The van der Waals surface area contributed by atoms with Crippen molar-refractivity contribution in [1.82, 2.24) is 39.4 Å². The standard InChI is InChI=1S/C48H53F2N9O7/c1-3-36-39(49)12-11-33-25-35(66-31-62-2)27-37(41(33)36)44-52-43-38(28-51-46(42(43)50)64-22-8-13-55-20-23-63-24-21-55)45(53-44)58-14-7-15-59-34(29-58)26-40(54-59)47(60)56-16-18-57(19-17-56)48(61)65-30-32-9-5-4-6-10-32/h4-6,9-12,25-28H,3,7-8,13-24,29-31H2,1-2H3. The molecule has 2 saturated heterocycles. The van der Waals surface area contributed by atoms with Crippen LogP contribution in [0.15, 0.2) is 66.9 Å².